The van der Waals surface area contributed by atoms with E-state index in [1.54, 1.807) is 0 Å². The summed E-state index contributed by atoms with van der Waals surface area (Å²) >= 11 is 0. The Hall–Kier alpha value is -1.35. The number of fused-ring (bicyclic) bond motifs is 1. The second kappa shape index (κ2) is 4.73. The van der Waals surface area contributed by atoms with E-state index in [9.17, 15) is 0 Å². The van der Waals surface area contributed by atoms with Gasteiger partial charge < -0.3 is 5.73 Å². The van der Waals surface area contributed by atoms with E-state index in [0.29, 0.717) is 5.41 Å². The molecule has 0 aliphatic heterocycles. The lowest BCUT2D eigenvalue weighted by atomic mass is 9.88. The minimum absolute atomic E-state index is 0.0234. The first-order valence-electron chi connectivity index (χ1n) is 6.56. The summed E-state index contributed by atoms with van der Waals surface area (Å²) in [6.07, 6.45) is 2.09. The van der Waals surface area contributed by atoms with Crippen molar-refractivity contribution in [3.63, 3.8) is 0 Å². The average Bonchev–Trinajstić information content (AvgIpc) is 2.64. The third-order valence-electron chi connectivity index (χ3n) is 3.34. The Bertz CT molecular complexity index is 534. The zero-order chi connectivity index (χ0) is 13.3. The quantitative estimate of drug-likeness (QED) is 0.900. The Morgan fingerprint density at radius 2 is 1.94 bits per heavy atom. The van der Waals surface area contributed by atoms with Crippen molar-refractivity contribution in [2.24, 2.45) is 18.2 Å². The highest BCUT2D eigenvalue weighted by Crippen LogP contribution is 2.29. The maximum atomic E-state index is 6.31. The summed E-state index contributed by atoms with van der Waals surface area (Å²) in [7, 11) is 1.97. The molecular weight excluding hydrogens is 222 g/mol. The Labute approximate surface area is 109 Å². The van der Waals surface area contributed by atoms with Gasteiger partial charge in [-0.25, -0.2) is 0 Å². The fraction of sp³-hybridized carbons (Fsp3) is 0.533. The Morgan fingerprint density at radius 3 is 2.61 bits per heavy atom. The Morgan fingerprint density at radius 1 is 1.28 bits per heavy atom. The van der Waals surface area contributed by atoms with Crippen molar-refractivity contribution in [1.82, 2.24) is 9.78 Å². The molecule has 3 nitrogen and oxygen atoms in total. The molecule has 0 amide bonds. The predicted octanol–water partition coefficient (Wildman–Crippen LogP) is 3.40. The molecule has 0 spiro atoms. The molecular formula is C15H23N3. The van der Waals surface area contributed by atoms with E-state index < -0.39 is 0 Å². The van der Waals surface area contributed by atoms with Gasteiger partial charge in [-0.3, -0.25) is 4.68 Å². The van der Waals surface area contributed by atoms with E-state index in [1.807, 2.05) is 23.9 Å². The smallest absolute Gasteiger partial charge is 0.0870 e. The first kappa shape index (κ1) is 13.1. The fourth-order valence-electron chi connectivity index (χ4n) is 2.24. The maximum absolute atomic E-state index is 6.31. The van der Waals surface area contributed by atoms with Gasteiger partial charge in [-0.1, -0.05) is 39.0 Å². The zero-order valence-electron chi connectivity index (χ0n) is 11.8. The number of nitrogens with two attached hydrogens (primary N) is 1. The molecule has 2 N–H and O–H groups in total. The van der Waals surface area contributed by atoms with Crippen LogP contribution in [0.15, 0.2) is 24.3 Å². The molecule has 3 heteroatoms. The normalized spacial score (nSPS) is 14.1. The van der Waals surface area contributed by atoms with Crippen LogP contribution in [0.2, 0.25) is 0 Å². The van der Waals surface area contributed by atoms with Crippen LogP contribution >= 0.6 is 0 Å². The Kier molecular flexibility index (Phi) is 3.44. The Balaban J connectivity index is 2.25. The molecule has 0 saturated heterocycles. The minimum atomic E-state index is 0.0234. The summed E-state index contributed by atoms with van der Waals surface area (Å²) in [5.74, 6) is 0. The van der Waals surface area contributed by atoms with Gasteiger partial charge in [0.15, 0.2) is 0 Å². The minimum Gasteiger partial charge on any atom is -0.323 e. The van der Waals surface area contributed by atoms with E-state index in [2.05, 4.69) is 38.0 Å². The number of benzene rings is 1. The summed E-state index contributed by atoms with van der Waals surface area (Å²) in [6.45, 7) is 6.74. The van der Waals surface area contributed by atoms with Crippen molar-refractivity contribution in [1.29, 1.82) is 0 Å². The first-order valence-corrected chi connectivity index (χ1v) is 6.56. The molecule has 0 aliphatic carbocycles. The van der Waals surface area contributed by atoms with Crippen molar-refractivity contribution in [3.05, 3.63) is 30.0 Å². The molecule has 1 atom stereocenters. The van der Waals surface area contributed by atoms with Crippen LogP contribution in [0.1, 0.15) is 45.3 Å². The molecule has 0 saturated carbocycles. The molecule has 18 heavy (non-hydrogen) atoms. The van der Waals surface area contributed by atoms with Crippen LogP contribution in [0.3, 0.4) is 0 Å². The molecule has 2 aromatic rings. The molecule has 98 valence electrons. The van der Waals surface area contributed by atoms with Crippen molar-refractivity contribution in [2.75, 3.05) is 0 Å². The highest BCUT2D eigenvalue weighted by molar-refractivity contribution is 5.82. The third kappa shape index (κ3) is 2.72. The van der Waals surface area contributed by atoms with Crippen LogP contribution in [-0.2, 0) is 7.05 Å². The summed E-state index contributed by atoms with van der Waals surface area (Å²) < 4.78 is 1.92. The van der Waals surface area contributed by atoms with Gasteiger partial charge in [0.05, 0.1) is 11.2 Å². The van der Waals surface area contributed by atoms with Crippen molar-refractivity contribution < 1.29 is 0 Å². The summed E-state index contributed by atoms with van der Waals surface area (Å²) in [5, 5.41) is 5.76. The molecule has 0 radical (unpaired) electrons. The predicted molar refractivity (Wildman–Crippen MR) is 76.3 cm³/mol. The standard InChI is InChI=1S/C15H23N3/c1-15(2,3)10-9-12(16)14-11-7-5-6-8-13(11)18(4)17-14/h5-8,12H,9-10,16H2,1-4H3. The lowest BCUT2D eigenvalue weighted by Gasteiger charge is -2.20. The SMILES string of the molecule is Cn1nc(C(N)CCC(C)(C)C)c2ccccc21. The number of hydrogen-bond donors (Lipinski definition) is 1. The van der Waals surface area contributed by atoms with Crippen molar-refractivity contribution in [2.45, 2.75) is 39.7 Å². The molecule has 0 bridgehead atoms. The van der Waals surface area contributed by atoms with Gasteiger partial charge >= 0.3 is 0 Å². The molecule has 0 aliphatic rings. The zero-order valence-corrected chi connectivity index (χ0v) is 11.8. The first-order chi connectivity index (χ1) is 8.38. The highest BCUT2D eigenvalue weighted by atomic mass is 15.3. The molecule has 0 fully saturated rings. The topological polar surface area (TPSA) is 43.8 Å². The maximum Gasteiger partial charge on any atom is 0.0870 e. The van der Waals surface area contributed by atoms with Gasteiger partial charge in [0.25, 0.3) is 0 Å². The lowest BCUT2D eigenvalue weighted by Crippen LogP contribution is -2.15. The average molecular weight is 245 g/mol. The monoisotopic (exact) mass is 245 g/mol. The summed E-state index contributed by atoms with van der Waals surface area (Å²) in [5.41, 5.74) is 8.80. The number of aryl methyl sites for hydroxylation is 1. The van der Waals surface area contributed by atoms with Gasteiger partial charge in [0.2, 0.25) is 0 Å². The van der Waals surface area contributed by atoms with E-state index in [4.69, 9.17) is 5.73 Å². The van der Waals surface area contributed by atoms with Crippen LogP contribution in [-0.4, -0.2) is 9.78 Å². The third-order valence-corrected chi connectivity index (χ3v) is 3.34. The lowest BCUT2D eigenvalue weighted by molar-refractivity contribution is 0.348. The molecule has 1 heterocycles. The van der Waals surface area contributed by atoms with Crippen molar-refractivity contribution in [3.8, 4) is 0 Å². The van der Waals surface area contributed by atoms with Crippen LogP contribution in [0.25, 0.3) is 10.9 Å². The molecule has 1 aromatic carbocycles. The van der Waals surface area contributed by atoms with Crippen LogP contribution < -0.4 is 5.73 Å². The van der Waals surface area contributed by atoms with Crippen LogP contribution in [0.5, 0.6) is 0 Å². The van der Waals surface area contributed by atoms with Crippen LogP contribution in [0.4, 0.5) is 0 Å². The number of nitrogens with zero attached hydrogens (tertiary/aromatic N) is 2. The summed E-state index contributed by atoms with van der Waals surface area (Å²) in [6, 6.07) is 8.30. The van der Waals surface area contributed by atoms with Gasteiger partial charge in [0.1, 0.15) is 0 Å². The molecule has 1 unspecified atom stereocenters. The fourth-order valence-corrected chi connectivity index (χ4v) is 2.24. The second-order valence-corrected chi connectivity index (χ2v) is 6.23. The van der Waals surface area contributed by atoms with Crippen molar-refractivity contribution >= 4 is 10.9 Å². The largest absolute Gasteiger partial charge is 0.323 e. The number of rotatable bonds is 3. The van der Waals surface area contributed by atoms with E-state index >= 15 is 0 Å². The van der Waals surface area contributed by atoms with E-state index in [1.165, 1.54) is 5.39 Å². The highest BCUT2D eigenvalue weighted by Gasteiger charge is 2.18. The van der Waals surface area contributed by atoms with E-state index in [0.717, 1.165) is 24.1 Å². The molecule has 1 aromatic heterocycles. The number of aromatic nitrogens is 2. The number of para-hydroxylation sites is 1. The van der Waals surface area contributed by atoms with Gasteiger partial charge in [0, 0.05) is 18.5 Å². The van der Waals surface area contributed by atoms with E-state index in [-0.39, 0.29) is 6.04 Å². The molecule has 2 rings (SSSR count). The van der Waals surface area contributed by atoms with Crippen LogP contribution in [0, 0.1) is 5.41 Å². The number of hydrogen-bond acceptors (Lipinski definition) is 2. The second-order valence-electron chi connectivity index (χ2n) is 6.23. The van der Waals surface area contributed by atoms with Gasteiger partial charge in [-0.15, -0.1) is 0 Å². The van der Waals surface area contributed by atoms with Gasteiger partial charge in [-0.05, 0) is 24.3 Å². The van der Waals surface area contributed by atoms with Gasteiger partial charge in [-0.2, -0.15) is 5.10 Å². The summed E-state index contributed by atoms with van der Waals surface area (Å²) in [4.78, 5) is 0.